The summed E-state index contributed by atoms with van der Waals surface area (Å²) in [6.45, 7) is 0. The SMILES string of the molecule is C1=C(c2cccs2)C2=Nc3cc(-c4cccs4)c4n3C35n6c(cc(-c7cccs7)c6=NC1=[N+]23)=NC1=[N+]5C(=N4)C=C1c1cccs1. The summed E-state index contributed by atoms with van der Waals surface area (Å²) in [5.74, 6) is 4.32. The highest BCUT2D eigenvalue weighted by molar-refractivity contribution is 7.14. The molecule has 6 aliphatic rings. The minimum atomic E-state index is -0.937. The van der Waals surface area contributed by atoms with E-state index >= 15 is 0 Å². The minimum Gasteiger partial charge on any atom is -0.193 e. The second kappa shape index (κ2) is 7.85. The van der Waals surface area contributed by atoms with Crippen LogP contribution in [0.4, 0.5) is 11.6 Å². The summed E-state index contributed by atoms with van der Waals surface area (Å²) in [4.78, 5) is 26.3. The predicted octanol–water partition coefficient (Wildman–Crippen LogP) is 6.36. The van der Waals surface area contributed by atoms with E-state index < -0.39 is 5.91 Å². The summed E-state index contributed by atoms with van der Waals surface area (Å²) in [6.07, 6.45) is 4.42. The third-order valence-corrected chi connectivity index (χ3v) is 12.7. The zero-order valence-corrected chi connectivity index (χ0v) is 26.2. The Hall–Kier alpha value is -4.88. The summed E-state index contributed by atoms with van der Waals surface area (Å²) in [6, 6.07) is 21.5. The zero-order chi connectivity index (χ0) is 29.0. The molecule has 12 rings (SSSR count). The number of aliphatic imine (C=N–C) groups is 2. The molecule has 6 aromatic heterocycles. The van der Waals surface area contributed by atoms with Crippen LogP contribution >= 0.6 is 45.3 Å². The number of thiophene rings is 4. The number of aromatic nitrogens is 2. The van der Waals surface area contributed by atoms with Gasteiger partial charge in [0.05, 0.1) is 22.3 Å². The number of rotatable bonds is 4. The standard InChI is InChI=1S/C33H16N8S4/c1-5-21(42-9-1)17-13-25-35-30-19(23-7-3-11-44-23)15-27-37-32-20(24-8-4-12-45-24)16-28-36-31-18(22-6-2-10-43-22)14-26-34-29(17)38(25)33(39(26)31,40(27)30)41(28)32/h1-16H/q+2. The highest BCUT2D eigenvalue weighted by Gasteiger charge is 2.68. The average molecular weight is 653 g/mol. The molecule has 0 aliphatic carbocycles. The van der Waals surface area contributed by atoms with Crippen LogP contribution in [0, 0.1) is 0 Å². The van der Waals surface area contributed by atoms with Crippen LogP contribution in [-0.2, 0) is 5.91 Å². The van der Waals surface area contributed by atoms with Crippen LogP contribution in [0.25, 0.3) is 32.0 Å². The van der Waals surface area contributed by atoms with Crippen LogP contribution in [0.1, 0.15) is 9.75 Å². The molecular weight excluding hydrogens is 637 g/mol. The van der Waals surface area contributed by atoms with Crippen LogP contribution in [0.5, 0.6) is 0 Å². The highest BCUT2D eigenvalue weighted by Crippen LogP contribution is 2.52. The van der Waals surface area contributed by atoms with Gasteiger partial charge in [-0.25, -0.2) is 0 Å². The third kappa shape index (κ3) is 2.63. The molecule has 0 N–H and O–H groups in total. The zero-order valence-electron chi connectivity index (χ0n) is 22.9. The van der Waals surface area contributed by atoms with Gasteiger partial charge in [-0.2, -0.15) is 9.13 Å². The predicted molar refractivity (Wildman–Crippen MR) is 180 cm³/mol. The molecule has 0 radical (unpaired) electrons. The molecule has 0 saturated heterocycles. The highest BCUT2D eigenvalue weighted by atomic mass is 32.1. The molecule has 0 aromatic carbocycles. The topological polar surface area (TPSA) is 65.3 Å². The van der Waals surface area contributed by atoms with Gasteiger partial charge in [0, 0.05) is 43.8 Å². The van der Waals surface area contributed by atoms with Gasteiger partial charge in [-0.3, -0.25) is 0 Å². The number of hydrogen-bond donors (Lipinski definition) is 0. The summed E-state index contributed by atoms with van der Waals surface area (Å²) in [7, 11) is 0. The van der Waals surface area contributed by atoms with E-state index in [2.05, 4.69) is 113 Å². The summed E-state index contributed by atoms with van der Waals surface area (Å²) in [5, 5.41) is 8.49. The molecule has 45 heavy (non-hydrogen) atoms. The molecule has 12 heteroatoms. The maximum Gasteiger partial charge on any atom is 0.404 e. The van der Waals surface area contributed by atoms with Gasteiger partial charge in [0.1, 0.15) is 0 Å². The Morgan fingerprint density at radius 3 is 2.02 bits per heavy atom. The van der Waals surface area contributed by atoms with Crippen molar-refractivity contribution in [1.29, 1.82) is 0 Å². The van der Waals surface area contributed by atoms with Gasteiger partial charge in [0.15, 0.2) is 0 Å². The fraction of sp³-hybridized carbons (Fsp3) is 0.0303. The van der Waals surface area contributed by atoms with E-state index in [-0.39, 0.29) is 0 Å². The van der Waals surface area contributed by atoms with Crippen molar-refractivity contribution in [1.82, 2.24) is 9.13 Å². The molecule has 0 fully saturated rings. The smallest absolute Gasteiger partial charge is 0.193 e. The fourth-order valence-electron chi connectivity index (χ4n) is 7.39. The minimum absolute atomic E-state index is 0.863. The molecule has 0 saturated carbocycles. The molecule has 1 spiro atoms. The average Bonchev–Trinajstić information content (AvgIpc) is 3.90. The Bertz CT molecular complexity index is 2670. The molecule has 1 unspecified atom stereocenters. The number of hydrogen-bond acceptors (Lipinski definition) is 8. The van der Waals surface area contributed by atoms with Crippen molar-refractivity contribution in [2.75, 3.05) is 0 Å². The molecule has 8 nitrogen and oxygen atoms in total. The lowest BCUT2D eigenvalue weighted by atomic mass is 10.2. The van der Waals surface area contributed by atoms with E-state index in [9.17, 15) is 0 Å². The largest absolute Gasteiger partial charge is 0.404 e. The molecule has 0 bridgehead atoms. The van der Waals surface area contributed by atoms with Crippen molar-refractivity contribution < 1.29 is 9.15 Å². The lowest BCUT2D eigenvalue weighted by Crippen LogP contribution is -2.71. The van der Waals surface area contributed by atoms with Gasteiger partial charge >= 0.3 is 5.91 Å². The summed E-state index contributed by atoms with van der Waals surface area (Å²) < 4.78 is 9.28. The van der Waals surface area contributed by atoms with E-state index in [1.54, 1.807) is 45.3 Å². The lowest BCUT2D eigenvalue weighted by molar-refractivity contribution is -0.790. The molecule has 1 atom stereocenters. The van der Waals surface area contributed by atoms with E-state index in [1.807, 2.05) is 0 Å². The maximum absolute atomic E-state index is 5.41. The van der Waals surface area contributed by atoms with Gasteiger partial charge in [-0.15, -0.1) is 54.5 Å². The van der Waals surface area contributed by atoms with Crippen LogP contribution in [0.3, 0.4) is 0 Å². The normalized spacial score (nSPS) is 20.8. The molecular formula is C33H16N8S4+2. The van der Waals surface area contributed by atoms with Crippen LogP contribution in [0.2, 0.25) is 0 Å². The van der Waals surface area contributed by atoms with Gasteiger partial charge in [-0.1, -0.05) is 44.2 Å². The van der Waals surface area contributed by atoms with E-state index in [0.717, 1.165) is 87.7 Å². The maximum atomic E-state index is 5.41. The first-order valence-corrected chi connectivity index (χ1v) is 17.9. The quantitative estimate of drug-likeness (QED) is 0.199. The molecule has 210 valence electrons. The van der Waals surface area contributed by atoms with Crippen molar-refractivity contribution >= 4 is 91.5 Å². The molecule has 12 heterocycles. The number of nitrogens with zero attached hydrogens (tertiary/aromatic N) is 8. The molecule has 0 amide bonds. The first-order valence-electron chi connectivity index (χ1n) is 14.4. The number of amidine groups is 4. The van der Waals surface area contributed by atoms with E-state index in [0.29, 0.717) is 0 Å². The van der Waals surface area contributed by atoms with Gasteiger partial charge in [-0.05, 0) is 45.8 Å². The molecule has 6 aromatic rings. The summed E-state index contributed by atoms with van der Waals surface area (Å²) >= 11 is 6.90. The first kappa shape index (κ1) is 23.5. The van der Waals surface area contributed by atoms with Crippen molar-refractivity contribution in [3.05, 3.63) is 115 Å². The van der Waals surface area contributed by atoms with Gasteiger partial charge in [0.25, 0.3) is 23.3 Å². The Morgan fingerprint density at radius 1 is 0.622 bits per heavy atom. The third-order valence-electron chi connectivity index (χ3n) is 9.05. The van der Waals surface area contributed by atoms with Crippen LogP contribution in [-0.4, -0.2) is 41.6 Å². The van der Waals surface area contributed by atoms with Crippen molar-refractivity contribution in [2.45, 2.75) is 5.91 Å². The van der Waals surface area contributed by atoms with E-state index in [1.165, 1.54) is 0 Å². The van der Waals surface area contributed by atoms with Gasteiger partial charge in [0.2, 0.25) is 22.6 Å². The molecule has 6 aliphatic heterocycles. The van der Waals surface area contributed by atoms with Gasteiger partial charge < -0.3 is 0 Å². The first-order chi connectivity index (χ1) is 22.3. The lowest BCUT2D eigenvalue weighted by Gasteiger charge is -2.40. The Kier molecular flexibility index (Phi) is 4.10. The second-order valence-electron chi connectivity index (χ2n) is 11.3. The van der Waals surface area contributed by atoms with E-state index in [4.69, 9.17) is 20.0 Å². The second-order valence-corrected chi connectivity index (χ2v) is 15.0. The summed E-state index contributed by atoms with van der Waals surface area (Å²) in [5.41, 5.74) is 6.06. The van der Waals surface area contributed by atoms with Crippen molar-refractivity contribution in [2.24, 2.45) is 20.0 Å². The Balaban J connectivity index is 1.30. The van der Waals surface area contributed by atoms with Crippen molar-refractivity contribution in [3.8, 4) is 20.9 Å². The van der Waals surface area contributed by atoms with Crippen LogP contribution in [0.15, 0.2) is 114 Å². The Morgan fingerprint density at radius 2 is 1.31 bits per heavy atom. The monoisotopic (exact) mass is 652 g/mol. The Labute approximate surface area is 270 Å². The van der Waals surface area contributed by atoms with Crippen LogP contribution < -0.4 is 11.0 Å². The fourth-order valence-corrected chi connectivity index (χ4v) is 10.3. The van der Waals surface area contributed by atoms with Crippen molar-refractivity contribution in [3.63, 3.8) is 0 Å².